The summed E-state index contributed by atoms with van der Waals surface area (Å²) in [7, 11) is 3.91. The highest BCUT2D eigenvalue weighted by atomic mass is 16.5. The molecular formula is C22H22N2O7. The molecule has 1 amide bonds. The second-order valence-corrected chi connectivity index (χ2v) is 6.42. The normalized spacial score (nSPS) is 13.5. The first kappa shape index (κ1) is 21.8. The molecule has 0 bridgehead atoms. The number of benzene rings is 2. The van der Waals surface area contributed by atoms with Gasteiger partial charge in [-0.15, -0.1) is 0 Å². The molecule has 0 atom stereocenters. The van der Waals surface area contributed by atoms with Crippen LogP contribution in [-0.2, 0) is 23.8 Å². The molecule has 1 heterocycles. The first-order valence-corrected chi connectivity index (χ1v) is 9.29. The van der Waals surface area contributed by atoms with Crippen molar-refractivity contribution in [3.63, 3.8) is 0 Å². The number of hydrogen-bond acceptors (Lipinski definition) is 8. The van der Waals surface area contributed by atoms with Crippen molar-refractivity contribution in [1.82, 2.24) is 0 Å². The highest BCUT2D eigenvalue weighted by Crippen LogP contribution is 2.33. The lowest BCUT2D eigenvalue weighted by atomic mass is 10.1. The number of esters is 2. The zero-order valence-electron chi connectivity index (χ0n) is 17.3. The van der Waals surface area contributed by atoms with Gasteiger partial charge in [0.05, 0.1) is 39.2 Å². The summed E-state index contributed by atoms with van der Waals surface area (Å²) in [4.78, 5) is 38.7. The van der Waals surface area contributed by atoms with Crippen LogP contribution in [0.2, 0.25) is 0 Å². The predicted octanol–water partition coefficient (Wildman–Crippen LogP) is 2.34. The smallest absolute Gasteiger partial charge is 0.355 e. The lowest BCUT2D eigenvalue weighted by molar-refractivity contribution is -0.140. The van der Waals surface area contributed by atoms with Crippen molar-refractivity contribution in [3.05, 3.63) is 65.4 Å². The molecule has 0 fully saturated rings. The molecule has 162 valence electrons. The molecule has 1 aliphatic rings. The molecule has 3 rings (SSSR count). The van der Waals surface area contributed by atoms with E-state index in [0.717, 1.165) is 0 Å². The molecule has 0 aliphatic carbocycles. The Balaban J connectivity index is 2.01. The van der Waals surface area contributed by atoms with Crippen LogP contribution in [0.1, 0.15) is 10.4 Å². The molecule has 2 aromatic rings. The van der Waals surface area contributed by atoms with E-state index in [-0.39, 0.29) is 30.5 Å². The summed E-state index contributed by atoms with van der Waals surface area (Å²) in [5.41, 5.74) is 1.37. The van der Waals surface area contributed by atoms with E-state index >= 15 is 0 Å². The Bertz CT molecular complexity index is 1020. The molecule has 9 nitrogen and oxygen atoms in total. The Hall–Kier alpha value is -3.85. The van der Waals surface area contributed by atoms with E-state index in [4.69, 9.17) is 18.9 Å². The summed E-state index contributed by atoms with van der Waals surface area (Å²) in [6.07, 6.45) is 0. The fourth-order valence-corrected chi connectivity index (χ4v) is 3.09. The molecule has 9 heteroatoms. The Kier molecular flexibility index (Phi) is 6.88. The van der Waals surface area contributed by atoms with Gasteiger partial charge in [0.1, 0.15) is 18.2 Å². The number of hydrogen-bond donors (Lipinski definition) is 1. The number of nitrogens with one attached hydrogen (secondary N) is 1. The second kappa shape index (κ2) is 9.77. The molecule has 2 aromatic carbocycles. The molecule has 0 saturated carbocycles. The van der Waals surface area contributed by atoms with E-state index in [2.05, 4.69) is 5.32 Å². The van der Waals surface area contributed by atoms with Crippen molar-refractivity contribution < 1.29 is 33.3 Å². The molecule has 0 spiro atoms. The third-order valence-corrected chi connectivity index (χ3v) is 4.61. The molecule has 0 unspecified atom stereocenters. The number of carbonyl (C=O) groups is 3. The van der Waals surface area contributed by atoms with Crippen molar-refractivity contribution in [1.29, 1.82) is 0 Å². The standard InChI is InChI=1S/C22H22N2O7/c1-28-18-10-9-15(11-17(18)23-20(25)14-7-5-4-6-8-14)24-13-31-12-16(21(26)29-2)19(24)22(27)30-3/h4-11H,12-13H2,1-3H3,(H,23,25). The molecule has 1 aliphatic heterocycles. The molecule has 0 aromatic heterocycles. The second-order valence-electron chi connectivity index (χ2n) is 6.42. The van der Waals surface area contributed by atoms with E-state index in [0.29, 0.717) is 22.7 Å². The third kappa shape index (κ3) is 4.67. The molecule has 0 saturated heterocycles. The van der Waals surface area contributed by atoms with Crippen molar-refractivity contribution in [3.8, 4) is 5.75 Å². The van der Waals surface area contributed by atoms with Gasteiger partial charge in [-0.2, -0.15) is 0 Å². The van der Waals surface area contributed by atoms with E-state index in [1.54, 1.807) is 42.5 Å². The number of rotatable bonds is 6. The maximum atomic E-state index is 12.6. The van der Waals surface area contributed by atoms with Crippen LogP contribution in [0.3, 0.4) is 0 Å². The zero-order valence-corrected chi connectivity index (χ0v) is 17.3. The van der Waals surface area contributed by atoms with Crippen LogP contribution in [0, 0.1) is 0 Å². The van der Waals surface area contributed by atoms with Gasteiger partial charge in [0.2, 0.25) is 0 Å². The number of nitrogens with zero attached hydrogens (tertiary/aromatic N) is 1. The van der Waals surface area contributed by atoms with E-state index in [1.165, 1.54) is 26.2 Å². The quantitative estimate of drug-likeness (QED) is 0.702. The van der Waals surface area contributed by atoms with Crippen LogP contribution in [0.4, 0.5) is 11.4 Å². The van der Waals surface area contributed by atoms with Crippen molar-refractivity contribution in [2.45, 2.75) is 0 Å². The summed E-state index contributed by atoms with van der Waals surface area (Å²) in [5.74, 6) is -1.32. The topological polar surface area (TPSA) is 103 Å². The van der Waals surface area contributed by atoms with Crippen LogP contribution < -0.4 is 15.0 Å². The monoisotopic (exact) mass is 426 g/mol. The number of anilines is 2. The number of carbonyl (C=O) groups excluding carboxylic acids is 3. The maximum absolute atomic E-state index is 12.6. The summed E-state index contributed by atoms with van der Waals surface area (Å²) >= 11 is 0. The van der Waals surface area contributed by atoms with Gasteiger partial charge in [0, 0.05) is 11.3 Å². The minimum atomic E-state index is -0.714. The minimum absolute atomic E-state index is 0.00565. The SMILES string of the molecule is COC(=O)C1=C(C(=O)OC)N(c2ccc(OC)c(NC(=O)c3ccccc3)c2)COC1. The highest BCUT2D eigenvalue weighted by molar-refractivity contribution is 6.06. The lowest BCUT2D eigenvalue weighted by Crippen LogP contribution is -2.38. The predicted molar refractivity (Wildman–Crippen MR) is 112 cm³/mol. The van der Waals surface area contributed by atoms with Gasteiger partial charge in [0.15, 0.2) is 0 Å². The van der Waals surface area contributed by atoms with Crippen molar-refractivity contribution >= 4 is 29.2 Å². The van der Waals surface area contributed by atoms with Gasteiger partial charge in [-0.05, 0) is 30.3 Å². The van der Waals surface area contributed by atoms with Crippen molar-refractivity contribution in [2.24, 2.45) is 0 Å². The Morgan fingerprint density at radius 2 is 1.68 bits per heavy atom. The Morgan fingerprint density at radius 3 is 2.32 bits per heavy atom. The fraction of sp³-hybridized carbons (Fsp3) is 0.227. The van der Waals surface area contributed by atoms with Gasteiger partial charge >= 0.3 is 11.9 Å². The summed E-state index contributed by atoms with van der Waals surface area (Å²) in [6, 6.07) is 13.6. The summed E-state index contributed by atoms with van der Waals surface area (Å²) < 4.78 is 20.5. The maximum Gasteiger partial charge on any atom is 0.355 e. The Labute approximate surface area is 179 Å². The summed E-state index contributed by atoms with van der Waals surface area (Å²) in [6.45, 7) is -0.106. The minimum Gasteiger partial charge on any atom is -0.495 e. The van der Waals surface area contributed by atoms with Gasteiger partial charge in [-0.25, -0.2) is 9.59 Å². The lowest BCUT2D eigenvalue weighted by Gasteiger charge is -2.31. The van der Waals surface area contributed by atoms with Crippen LogP contribution in [0.5, 0.6) is 5.75 Å². The average molecular weight is 426 g/mol. The first-order chi connectivity index (χ1) is 15.0. The van der Waals surface area contributed by atoms with Gasteiger partial charge in [-0.3, -0.25) is 4.79 Å². The number of amides is 1. The number of ether oxygens (including phenoxy) is 4. The largest absolute Gasteiger partial charge is 0.495 e. The molecule has 0 radical (unpaired) electrons. The van der Waals surface area contributed by atoms with Gasteiger partial charge < -0.3 is 29.2 Å². The Morgan fingerprint density at radius 1 is 0.968 bits per heavy atom. The van der Waals surface area contributed by atoms with Gasteiger partial charge in [0.25, 0.3) is 5.91 Å². The van der Waals surface area contributed by atoms with E-state index < -0.39 is 11.9 Å². The average Bonchev–Trinajstić information content (AvgIpc) is 2.83. The number of methoxy groups -OCH3 is 3. The zero-order chi connectivity index (χ0) is 22.4. The van der Waals surface area contributed by atoms with Crippen LogP contribution >= 0.6 is 0 Å². The molecule has 31 heavy (non-hydrogen) atoms. The van der Waals surface area contributed by atoms with Crippen molar-refractivity contribution in [2.75, 3.05) is 44.9 Å². The molecule has 1 N–H and O–H groups in total. The first-order valence-electron chi connectivity index (χ1n) is 9.29. The van der Waals surface area contributed by atoms with E-state index in [1.807, 2.05) is 6.07 Å². The van der Waals surface area contributed by atoms with E-state index in [9.17, 15) is 14.4 Å². The van der Waals surface area contributed by atoms with Gasteiger partial charge in [-0.1, -0.05) is 18.2 Å². The third-order valence-electron chi connectivity index (χ3n) is 4.61. The highest BCUT2D eigenvalue weighted by Gasteiger charge is 2.32. The fourth-order valence-electron chi connectivity index (χ4n) is 3.09. The van der Waals surface area contributed by atoms with Crippen LogP contribution in [-0.4, -0.2) is 52.5 Å². The van der Waals surface area contributed by atoms with Crippen LogP contribution in [0.25, 0.3) is 0 Å². The van der Waals surface area contributed by atoms with Crippen LogP contribution in [0.15, 0.2) is 59.8 Å². The summed E-state index contributed by atoms with van der Waals surface area (Å²) in [5, 5.41) is 2.81. The molecular weight excluding hydrogens is 404 g/mol.